The zero-order chi connectivity index (χ0) is 12.1. The van der Waals surface area contributed by atoms with Crippen LogP contribution in [0.1, 0.15) is 12.0 Å². The number of hydrogen-bond acceptors (Lipinski definition) is 4. The molecule has 0 amide bonds. The first kappa shape index (κ1) is 10.3. The summed E-state index contributed by atoms with van der Waals surface area (Å²) in [7, 11) is 0. The van der Waals surface area contributed by atoms with E-state index in [-0.39, 0.29) is 6.42 Å². The maximum absolute atomic E-state index is 13.2. The summed E-state index contributed by atoms with van der Waals surface area (Å²) in [4.78, 5) is 0. The number of aromatic nitrogens is 4. The highest BCUT2D eigenvalue weighted by atomic mass is 19.3. The zero-order valence-corrected chi connectivity index (χ0v) is 8.69. The van der Waals surface area contributed by atoms with Gasteiger partial charge in [-0.3, -0.25) is 0 Å². The summed E-state index contributed by atoms with van der Waals surface area (Å²) in [6.07, 6.45) is -0.324. The third kappa shape index (κ3) is 1.42. The van der Waals surface area contributed by atoms with Crippen molar-refractivity contribution in [2.45, 2.75) is 17.9 Å². The van der Waals surface area contributed by atoms with Gasteiger partial charge < -0.3 is 5.73 Å². The number of nitrogens with zero attached hydrogens (tertiary/aromatic N) is 3. The van der Waals surface area contributed by atoms with Crippen LogP contribution in [0, 0.1) is 0 Å². The van der Waals surface area contributed by atoms with Gasteiger partial charge in [-0.05, 0) is 16.8 Å². The number of hydrogen-bond donors (Lipinski definition) is 2. The first-order valence-corrected chi connectivity index (χ1v) is 5.04. The van der Waals surface area contributed by atoms with Crippen molar-refractivity contribution >= 4 is 0 Å². The molecule has 3 N–H and O–H groups in total. The molecule has 1 aromatic heterocycles. The Balaban J connectivity index is 2.02. The molecule has 1 fully saturated rings. The van der Waals surface area contributed by atoms with E-state index in [1.54, 1.807) is 24.3 Å². The molecule has 7 heteroatoms. The van der Waals surface area contributed by atoms with Gasteiger partial charge in [0.05, 0.1) is 0 Å². The maximum atomic E-state index is 13.2. The van der Waals surface area contributed by atoms with Crippen LogP contribution in [0.4, 0.5) is 8.78 Å². The van der Waals surface area contributed by atoms with Gasteiger partial charge in [-0.1, -0.05) is 18.2 Å². The lowest BCUT2D eigenvalue weighted by molar-refractivity contribution is 0.0891. The number of benzene rings is 1. The van der Waals surface area contributed by atoms with E-state index in [2.05, 4.69) is 20.6 Å². The summed E-state index contributed by atoms with van der Waals surface area (Å²) in [5, 5.41) is 13.3. The number of nitrogens with two attached hydrogens (primary N) is 1. The molecule has 17 heavy (non-hydrogen) atoms. The molecule has 0 saturated heterocycles. The third-order valence-electron chi connectivity index (χ3n) is 3.01. The van der Waals surface area contributed by atoms with E-state index in [4.69, 9.17) is 5.73 Å². The van der Waals surface area contributed by atoms with Crippen LogP contribution in [0.2, 0.25) is 0 Å². The smallest absolute Gasteiger partial charge is 0.272 e. The molecule has 0 spiro atoms. The molecule has 3 rings (SSSR count). The van der Waals surface area contributed by atoms with Crippen molar-refractivity contribution in [3.8, 4) is 11.4 Å². The monoisotopic (exact) mass is 237 g/mol. The average Bonchev–Trinajstić information content (AvgIpc) is 2.75. The Morgan fingerprint density at radius 3 is 2.71 bits per heavy atom. The fourth-order valence-corrected chi connectivity index (χ4v) is 1.84. The van der Waals surface area contributed by atoms with Gasteiger partial charge >= 0.3 is 0 Å². The van der Waals surface area contributed by atoms with Crippen molar-refractivity contribution in [1.29, 1.82) is 0 Å². The van der Waals surface area contributed by atoms with Crippen molar-refractivity contribution in [1.82, 2.24) is 20.6 Å². The minimum absolute atomic E-state index is 0.324. The average molecular weight is 237 g/mol. The van der Waals surface area contributed by atoms with E-state index in [1.807, 2.05) is 0 Å². The Labute approximate surface area is 95.0 Å². The molecule has 5 nitrogen and oxygen atoms in total. The predicted octanol–water partition coefficient (Wildman–Crippen LogP) is 1.06. The molecule has 88 valence electrons. The molecule has 1 saturated carbocycles. The Morgan fingerprint density at radius 1 is 1.35 bits per heavy atom. The van der Waals surface area contributed by atoms with Crippen LogP contribution in [0.3, 0.4) is 0 Å². The van der Waals surface area contributed by atoms with Gasteiger partial charge in [-0.15, -0.1) is 10.2 Å². The van der Waals surface area contributed by atoms with Gasteiger partial charge in [-0.2, -0.15) is 5.21 Å². The molecular formula is C10H9F2N5. The van der Waals surface area contributed by atoms with E-state index in [0.717, 1.165) is 0 Å². The highest BCUT2D eigenvalue weighted by Gasteiger charge is 2.69. The molecule has 1 aliphatic rings. The van der Waals surface area contributed by atoms with Gasteiger partial charge in [0.2, 0.25) is 5.82 Å². The Bertz CT molecular complexity index is 554. The van der Waals surface area contributed by atoms with Crippen LogP contribution in [0.25, 0.3) is 11.4 Å². The second-order valence-electron chi connectivity index (χ2n) is 4.17. The van der Waals surface area contributed by atoms with E-state index >= 15 is 0 Å². The first-order chi connectivity index (χ1) is 8.03. The summed E-state index contributed by atoms with van der Waals surface area (Å²) in [6, 6.07) is 6.54. The highest BCUT2D eigenvalue weighted by Crippen LogP contribution is 2.57. The van der Waals surface area contributed by atoms with E-state index in [1.165, 1.54) is 0 Å². The summed E-state index contributed by atoms with van der Waals surface area (Å²) in [5.41, 5.74) is 5.11. The molecule has 1 aliphatic carbocycles. The van der Waals surface area contributed by atoms with Crippen molar-refractivity contribution < 1.29 is 8.78 Å². The summed E-state index contributed by atoms with van der Waals surface area (Å²) in [5.74, 6) is -2.47. The lowest BCUT2D eigenvalue weighted by Crippen LogP contribution is -2.27. The summed E-state index contributed by atoms with van der Waals surface area (Å²) < 4.78 is 26.3. The van der Waals surface area contributed by atoms with Crippen LogP contribution < -0.4 is 5.73 Å². The molecule has 1 unspecified atom stereocenters. The van der Waals surface area contributed by atoms with Crippen molar-refractivity contribution in [2.75, 3.05) is 0 Å². The normalized spacial score (nSPS) is 25.8. The van der Waals surface area contributed by atoms with Crippen LogP contribution >= 0.6 is 0 Å². The number of rotatable bonds is 2. The standard InChI is InChI=1S/C10H9F2N5/c11-10(12)5-9(10,13)7-3-1-2-6(4-7)8-14-16-17-15-8/h1-4H,5,13H2,(H,14,15,16,17). The quantitative estimate of drug-likeness (QED) is 0.818. The second-order valence-corrected chi connectivity index (χ2v) is 4.17. The van der Waals surface area contributed by atoms with Crippen LogP contribution in [-0.4, -0.2) is 26.5 Å². The summed E-state index contributed by atoms with van der Waals surface area (Å²) >= 11 is 0. The molecule has 1 atom stereocenters. The van der Waals surface area contributed by atoms with Crippen LogP contribution in [0.5, 0.6) is 0 Å². The Morgan fingerprint density at radius 2 is 2.12 bits per heavy atom. The van der Waals surface area contributed by atoms with Crippen molar-refractivity contribution in [2.24, 2.45) is 5.73 Å². The third-order valence-corrected chi connectivity index (χ3v) is 3.01. The van der Waals surface area contributed by atoms with Crippen molar-refractivity contribution in [3.05, 3.63) is 29.8 Å². The van der Waals surface area contributed by atoms with Gasteiger partial charge in [0.25, 0.3) is 5.92 Å². The van der Waals surface area contributed by atoms with Gasteiger partial charge in [0.15, 0.2) is 0 Å². The fourth-order valence-electron chi connectivity index (χ4n) is 1.84. The molecule has 0 radical (unpaired) electrons. The topological polar surface area (TPSA) is 80.5 Å². The van der Waals surface area contributed by atoms with E-state index in [9.17, 15) is 8.78 Å². The number of alkyl halides is 2. The molecule has 0 bridgehead atoms. The SMILES string of the molecule is NC1(c2cccc(-c3nn[nH]n3)c2)CC1(F)F. The first-order valence-electron chi connectivity index (χ1n) is 5.04. The lowest BCUT2D eigenvalue weighted by Gasteiger charge is -2.11. The maximum Gasteiger partial charge on any atom is 0.272 e. The fraction of sp³-hybridized carbons (Fsp3) is 0.300. The molecule has 1 aromatic carbocycles. The number of aromatic amines is 1. The van der Waals surface area contributed by atoms with Crippen LogP contribution in [-0.2, 0) is 5.54 Å². The van der Waals surface area contributed by atoms with Gasteiger partial charge in [0, 0.05) is 12.0 Å². The molecule has 2 aromatic rings. The predicted molar refractivity (Wildman–Crippen MR) is 55.0 cm³/mol. The highest BCUT2D eigenvalue weighted by molar-refractivity contribution is 5.57. The van der Waals surface area contributed by atoms with Gasteiger partial charge in [0.1, 0.15) is 5.54 Å². The minimum Gasteiger partial charge on any atom is -0.316 e. The second kappa shape index (κ2) is 3.07. The minimum atomic E-state index is -2.83. The molecular weight excluding hydrogens is 228 g/mol. The lowest BCUT2D eigenvalue weighted by atomic mass is 10.0. The number of H-pyrrole nitrogens is 1. The summed E-state index contributed by atoms with van der Waals surface area (Å²) in [6.45, 7) is 0. The Hall–Kier alpha value is -1.89. The Kier molecular flexibility index (Phi) is 1.86. The zero-order valence-electron chi connectivity index (χ0n) is 8.69. The number of nitrogens with one attached hydrogen (secondary N) is 1. The largest absolute Gasteiger partial charge is 0.316 e. The van der Waals surface area contributed by atoms with E-state index < -0.39 is 11.5 Å². The van der Waals surface area contributed by atoms with Gasteiger partial charge in [-0.25, -0.2) is 8.78 Å². The number of tetrazole rings is 1. The number of halogens is 2. The van der Waals surface area contributed by atoms with E-state index in [0.29, 0.717) is 17.0 Å². The molecule has 1 heterocycles. The van der Waals surface area contributed by atoms with Crippen LogP contribution in [0.15, 0.2) is 24.3 Å². The molecule has 0 aliphatic heterocycles. The van der Waals surface area contributed by atoms with Crippen molar-refractivity contribution in [3.63, 3.8) is 0 Å².